The molecule has 0 aliphatic carbocycles. The first-order valence-corrected chi connectivity index (χ1v) is 13.7. The molecule has 4 amide bonds. The van der Waals surface area contributed by atoms with E-state index in [9.17, 15) is 34.2 Å². The molecule has 0 bridgehead atoms. The molecule has 1 aromatic carbocycles. The molecular weight excluding hydrogens is 514 g/mol. The first kappa shape index (κ1) is 32.7. The second-order valence-corrected chi connectivity index (χ2v) is 10.1. The number of primary amides is 1. The van der Waals surface area contributed by atoms with E-state index in [1.807, 2.05) is 6.26 Å². The highest BCUT2D eigenvalue weighted by Crippen LogP contribution is 2.12. The average molecular weight is 554 g/mol. The number of amides is 4. The molecule has 0 spiro atoms. The van der Waals surface area contributed by atoms with Gasteiger partial charge in [-0.15, -0.1) is 0 Å². The van der Waals surface area contributed by atoms with Gasteiger partial charge in [-0.2, -0.15) is 11.8 Å². The van der Waals surface area contributed by atoms with E-state index in [1.54, 1.807) is 26.0 Å². The molecule has 5 unspecified atom stereocenters. The SMILES string of the molecule is CCC(C)C(NC(=O)C(CCSC)NC(=O)C(CCC(N)=O)NC(=O)C(N)Cc1ccc(O)cc1)C(=O)O. The summed E-state index contributed by atoms with van der Waals surface area (Å²) in [5.74, 6) is -3.70. The number of nitrogens with one attached hydrogen (secondary N) is 3. The van der Waals surface area contributed by atoms with Crippen LogP contribution in [0.1, 0.15) is 45.1 Å². The van der Waals surface area contributed by atoms with Gasteiger partial charge in [0.25, 0.3) is 0 Å². The number of benzene rings is 1. The van der Waals surface area contributed by atoms with Crippen molar-refractivity contribution in [2.75, 3.05) is 12.0 Å². The van der Waals surface area contributed by atoms with Crippen LogP contribution < -0.4 is 27.4 Å². The predicted octanol–water partition coefficient (Wildman–Crippen LogP) is -0.134. The number of nitrogens with two attached hydrogens (primary N) is 2. The number of hydrogen-bond donors (Lipinski definition) is 7. The monoisotopic (exact) mass is 553 g/mol. The van der Waals surface area contributed by atoms with Crippen molar-refractivity contribution < 1.29 is 34.2 Å². The molecule has 0 saturated heterocycles. The molecule has 212 valence electrons. The lowest BCUT2D eigenvalue weighted by molar-refractivity contribution is -0.143. The summed E-state index contributed by atoms with van der Waals surface area (Å²) in [7, 11) is 0. The molecule has 9 N–H and O–H groups in total. The molecule has 1 rings (SSSR count). The van der Waals surface area contributed by atoms with Crippen molar-refractivity contribution in [3.05, 3.63) is 29.8 Å². The normalized spacial score (nSPS) is 14.8. The van der Waals surface area contributed by atoms with Gasteiger partial charge in [0.1, 0.15) is 23.9 Å². The summed E-state index contributed by atoms with van der Waals surface area (Å²) in [6.07, 6.45) is 2.35. The quantitative estimate of drug-likeness (QED) is 0.137. The number of hydrogen-bond acceptors (Lipinski definition) is 8. The molecule has 5 atom stereocenters. The van der Waals surface area contributed by atoms with Gasteiger partial charge in [0.2, 0.25) is 23.6 Å². The van der Waals surface area contributed by atoms with E-state index in [-0.39, 0.29) is 37.4 Å². The van der Waals surface area contributed by atoms with Gasteiger partial charge < -0.3 is 37.6 Å². The van der Waals surface area contributed by atoms with Crippen molar-refractivity contribution in [2.45, 2.75) is 70.1 Å². The van der Waals surface area contributed by atoms with Crippen LogP contribution in [-0.4, -0.2) is 76.0 Å². The Morgan fingerprint density at radius 2 is 1.50 bits per heavy atom. The van der Waals surface area contributed by atoms with Gasteiger partial charge in [-0.3, -0.25) is 19.2 Å². The first-order chi connectivity index (χ1) is 17.9. The average Bonchev–Trinajstić information content (AvgIpc) is 2.87. The van der Waals surface area contributed by atoms with Crippen molar-refractivity contribution in [3.63, 3.8) is 0 Å². The predicted molar refractivity (Wildman–Crippen MR) is 144 cm³/mol. The molecule has 0 aliphatic heterocycles. The highest BCUT2D eigenvalue weighted by molar-refractivity contribution is 7.98. The molecule has 0 aliphatic rings. The third-order valence-electron chi connectivity index (χ3n) is 6.06. The third-order valence-corrected chi connectivity index (χ3v) is 6.71. The van der Waals surface area contributed by atoms with Crippen molar-refractivity contribution >= 4 is 41.4 Å². The number of rotatable bonds is 17. The summed E-state index contributed by atoms with van der Waals surface area (Å²) >= 11 is 1.44. The third kappa shape index (κ3) is 11.4. The standard InChI is InChI=1S/C25H39N5O7S/c1-4-14(2)21(25(36)37)30-24(35)19(11-12-38-3)29-23(34)18(9-10-20(27)32)28-22(33)17(26)13-15-5-7-16(31)8-6-15/h5-8,14,17-19,21,31H,4,9-13,26H2,1-3H3,(H2,27,32)(H,28,33)(H,29,34)(H,30,35)(H,36,37). The summed E-state index contributed by atoms with van der Waals surface area (Å²) in [4.78, 5) is 61.9. The highest BCUT2D eigenvalue weighted by Gasteiger charge is 2.32. The number of carboxylic acids is 1. The van der Waals surface area contributed by atoms with Crippen LogP contribution >= 0.6 is 11.8 Å². The number of phenolic OH excluding ortho intramolecular Hbond substituents is 1. The van der Waals surface area contributed by atoms with Gasteiger partial charge in [-0.25, -0.2) is 4.79 Å². The van der Waals surface area contributed by atoms with Crippen LogP contribution in [-0.2, 0) is 30.4 Å². The van der Waals surface area contributed by atoms with Crippen LogP contribution in [0.4, 0.5) is 0 Å². The fraction of sp³-hybridized carbons (Fsp3) is 0.560. The number of thioether (sulfide) groups is 1. The molecule has 0 fully saturated rings. The summed E-state index contributed by atoms with van der Waals surface area (Å²) in [6.45, 7) is 3.50. The Kier molecular flexibility index (Phi) is 14.2. The Morgan fingerprint density at radius 3 is 2.03 bits per heavy atom. The van der Waals surface area contributed by atoms with E-state index in [0.29, 0.717) is 17.7 Å². The van der Waals surface area contributed by atoms with E-state index in [1.165, 1.54) is 23.9 Å². The molecule has 12 nitrogen and oxygen atoms in total. The maximum absolute atomic E-state index is 13.1. The van der Waals surface area contributed by atoms with Crippen molar-refractivity contribution in [1.82, 2.24) is 16.0 Å². The summed E-state index contributed by atoms with van der Waals surface area (Å²) in [5, 5.41) is 26.5. The Balaban J connectivity index is 3.00. The Labute approximate surface area is 226 Å². The zero-order valence-electron chi connectivity index (χ0n) is 21.9. The second-order valence-electron chi connectivity index (χ2n) is 9.10. The number of carbonyl (C=O) groups excluding carboxylic acids is 4. The zero-order chi connectivity index (χ0) is 28.8. The van der Waals surface area contributed by atoms with Crippen molar-refractivity contribution in [1.29, 1.82) is 0 Å². The lowest BCUT2D eigenvalue weighted by atomic mass is 9.98. The first-order valence-electron chi connectivity index (χ1n) is 12.3. The van der Waals surface area contributed by atoms with Crippen LogP contribution in [0.3, 0.4) is 0 Å². The van der Waals surface area contributed by atoms with E-state index in [2.05, 4.69) is 16.0 Å². The molecule has 38 heavy (non-hydrogen) atoms. The molecule has 0 heterocycles. The van der Waals surface area contributed by atoms with Crippen LogP contribution in [0.25, 0.3) is 0 Å². The lowest BCUT2D eigenvalue weighted by Gasteiger charge is -2.26. The smallest absolute Gasteiger partial charge is 0.326 e. The van der Waals surface area contributed by atoms with Gasteiger partial charge in [0.15, 0.2) is 0 Å². The summed E-state index contributed by atoms with van der Waals surface area (Å²) in [5.41, 5.74) is 11.9. The van der Waals surface area contributed by atoms with E-state index >= 15 is 0 Å². The zero-order valence-corrected chi connectivity index (χ0v) is 22.8. The lowest BCUT2D eigenvalue weighted by Crippen LogP contribution is -2.58. The number of aromatic hydroxyl groups is 1. The molecule has 0 saturated carbocycles. The van der Waals surface area contributed by atoms with Gasteiger partial charge >= 0.3 is 5.97 Å². The molecule has 0 radical (unpaired) electrons. The van der Waals surface area contributed by atoms with E-state index < -0.39 is 53.8 Å². The molecule has 1 aromatic rings. The van der Waals surface area contributed by atoms with Crippen LogP contribution in [0, 0.1) is 5.92 Å². The maximum atomic E-state index is 13.1. The molecular formula is C25H39N5O7S. The van der Waals surface area contributed by atoms with Crippen molar-refractivity contribution in [3.8, 4) is 5.75 Å². The van der Waals surface area contributed by atoms with Crippen molar-refractivity contribution in [2.24, 2.45) is 17.4 Å². The van der Waals surface area contributed by atoms with Crippen LogP contribution in [0.15, 0.2) is 24.3 Å². The van der Waals surface area contributed by atoms with E-state index in [4.69, 9.17) is 11.5 Å². The van der Waals surface area contributed by atoms with E-state index in [0.717, 1.165) is 0 Å². The Hall–Kier alpha value is -3.32. The summed E-state index contributed by atoms with van der Waals surface area (Å²) < 4.78 is 0. The maximum Gasteiger partial charge on any atom is 0.326 e. The fourth-order valence-corrected chi connectivity index (χ4v) is 4.00. The second kappa shape index (κ2) is 16.5. The molecule has 0 aromatic heterocycles. The van der Waals surface area contributed by atoms with Crippen LogP contribution in [0.5, 0.6) is 5.75 Å². The number of phenols is 1. The van der Waals surface area contributed by atoms with Gasteiger partial charge in [-0.05, 0) is 54.9 Å². The highest BCUT2D eigenvalue weighted by atomic mass is 32.2. The number of carboxylic acid groups (broad SMARTS) is 1. The fourth-order valence-electron chi connectivity index (χ4n) is 3.53. The largest absolute Gasteiger partial charge is 0.508 e. The van der Waals surface area contributed by atoms with Gasteiger partial charge in [0.05, 0.1) is 6.04 Å². The minimum absolute atomic E-state index is 0.0638. The minimum Gasteiger partial charge on any atom is -0.508 e. The Bertz CT molecular complexity index is 960. The Morgan fingerprint density at radius 1 is 0.947 bits per heavy atom. The topological polar surface area (TPSA) is 214 Å². The number of carbonyl (C=O) groups is 5. The van der Waals surface area contributed by atoms with Gasteiger partial charge in [0, 0.05) is 6.42 Å². The minimum atomic E-state index is -1.21. The summed E-state index contributed by atoms with van der Waals surface area (Å²) in [6, 6.07) is 1.68. The van der Waals surface area contributed by atoms with Crippen LogP contribution in [0.2, 0.25) is 0 Å². The number of aliphatic carboxylic acids is 1. The van der Waals surface area contributed by atoms with Gasteiger partial charge in [-0.1, -0.05) is 32.4 Å². The molecule has 13 heteroatoms.